The van der Waals surface area contributed by atoms with Crippen LogP contribution in [0.25, 0.3) is 5.69 Å². The van der Waals surface area contributed by atoms with Gasteiger partial charge in [0.05, 0.1) is 25.1 Å². The zero-order chi connectivity index (χ0) is 23.3. The number of carbonyl (C=O) groups excluding carboxylic acids is 2. The van der Waals surface area contributed by atoms with Crippen molar-refractivity contribution in [3.63, 3.8) is 0 Å². The van der Waals surface area contributed by atoms with Crippen molar-refractivity contribution >= 4 is 17.4 Å². The normalized spacial score (nSPS) is 11.2. The number of methoxy groups -OCH3 is 1. The van der Waals surface area contributed by atoms with E-state index in [1.165, 1.54) is 11.8 Å². The summed E-state index contributed by atoms with van der Waals surface area (Å²) in [4.78, 5) is 38.5. The number of ketones is 1. The summed E-state index contributed by atoms with van der Waals surface area (Å²) in [6.45, 7) is 3.53. The Bertz CT molecular complexity index is 1200. The molecule has 0 saturated carbocycles. The number of anilines is 1. The molecule has 0 saturated heterocycles. The fourth-order valence-corrected chi connectivity index (χ4v) is 3.17. The van der Waals surface area contributed by atoms with E-state index in [4.69, 9.17) is 9.47 Å². The van der Waals surface area contributed by atoms with Gasteiger partial charge in [-0.05, 0) is 50.2 Å². The lowest BCUT2D eigenvalue weighted by atomic mass is 10.1. The molecule has 0 aliphatic rings. The number of hydrogen-bond donors (Lipinski definition) is 1. The maximum atomic E-state index is 13.2. The maximum absolute atomic E-state index is 13.2. The van der Waals surface area contributed by atoms with Crippen molar-refractivity contribution in [2.45, 2.75) is 13.8 Å². The first-order valence-electron chi connectivity index (χ1n) is 10.1. The minimum Gasteiger partial charge on any atom is -0.497 e. The van der Waals surface area contributed by atoms with E-state index >= 15 is 0 Å². The molecule has 3 aromatic rings. The van der Waals surface area contributed by atoms with Gasteiger partial charge >= 0.3 is 5.97 Å². The molecular formula is C24H25N3O5. The summed E-state index contributed by atoms with van der Waals surface area (Å²) in [6, 6.07) is 15.6. The third kappa shape index (κ3) is 4.64. The van der Waals surface area contributed by atoms with Crippen molar-refractivity contribution in [2.75, 3.05) is 19.0 Å². The zero-order valence-electron chi connectivity index (χ0n) is 18.4. The number of para-hydroxylation sites is 1. The summed E-state index contributed by atoms with van der Waals surface area (Å²) in [5.74, 6) is -0.543. The van der Waals surface area contributed by atoms with Crippen LogP contribution in [0.2, 0.25) is 0 Å². The number of ether oxygens (including phenoxy) is 2. The monoisotopic (exact) mass is 435 g/mol. The zero-order valence-corrected chi connectivity index (χ0v) is 18.4. The van der Waals surface area contributed by atoms with Gasteiger partial charge in [0.2, 0.25) is 0 Å². The first-order valence-corrected chi connectivity index (χ1v) is 10.1. The van der Waals surface area contributed by atoms with Crippen molar-refractivity contribution in [3.8, 4) is 11.4 Å². The average molecular weight is 435 g/mol. The number of rotatable bonds is 8. The van der Waals surface area contributed by atoms with E-state index in [1.54, 1.807) is 62.0 Å². The highest BCUT2D eigenvalue weighted by atomic mass is 16.5. The van der Waals surface area contributed by atoms with Crippen LogP contribution in [0.4, 0.5) is 5.69 Å². The maximum Gasteiger partial charge on any atom is 0.354 e. The molecule has 166 valence electrons. The van der Waals surface area contributed by atoms with Crippen LogP contribution < -0.4 is 15.6 Å². The van der Waals surface area contributed by atoms with Crippen molar-refractivity contribution in [3.05, 3.63) is 88.0 Å². The Morgan fingerprint density at radius 3 is 2.31 bits per heavy atom. The lowest BCUT2D eigenvalue weighted by Gasteiger charge is -2.09. The van der Waals surface area contributed by atoms with E-state index in [1.807, 2.05) is 18.2 Å². The van der Waals surface area contributed by atoms with Gasteiger partial charge in [-0.2, -0.15) is 0 Å². The van der Waals surface area contributed by atoms with Gasteiger partial charge in [0.25, 0.3) is 5.56 Å². The number of nitrogens with one attached hydrogen (secondary N) is 1. The fourth-order valence-electron chi connectivity index (χ4n) is 3.17. The van der Waals surface area contributed by atoms with Gasteiger partial charge in [-0.1, -0.05) is 18.2 Å². The van der Waals surface area contributed by atoms with Crippen LogP contribution in [0.3, 0.4) is 0 Å². The molecule has 0 aliphatic carbocycles. The Balaban J connectivity index is 2.01. The molecule has 32 heavy (non-hydrogen) atoms. The molecule has 0 unspecified atom stereocenters. The molecule has 1 heterocycles. The number of hydrogen-bond acceptors (Lipinski definition) is 6. The van der Waals surface area contributed by atoms with Crippen LogP contribution in [0.1, 0.15) is 23.0 Å². The minimum atomic E-state index is -0.733. The van der Waals surface area contributed by atoms with E-state index in [2.05, 4.69) is 5.32 Å². The van der Waals surface area contributed by atoms with Crippen LogP contribution in [-0.2, 0) is 16.6 Å². The van der Waals surface area contributed by atoms with Gasteiger partial charge in [-0.15, -0.1) is 0 Å². The quantitative estimate of drug-likeness (QED) is 0.332. The average Bonchev–Trinajstić information content (AvgIpc) is 3.02. The summed E-state index contributed by atoms with van der Waals surface area (Å²) in [5, 5.41) is 2.84. The molecular weight excluding hydrogens is 410 g/mol. The molecule has 8 nitrogen and oxygen atoms in total. The summed E-state index contributed by atoms with van der Waals surface area (Å²) >= 11 is 0. The molecule has 0 spiro atoms. The predicted octanol–water partition coefficient (Wildman–Crippen LogP) is 3.23. The summed E-state index contributed by atoms with van der Waals surface area (Å²) in [6.07, 6.45) is 1.14. The predicted molar refractivity (Wildman–Crippen MR) is 121 cm³/mol. The summed E-state index contributed by atoms with van der Waals surface area (Å²) in [7, 11) is 3.27. The standard InChI is InChI=1S/C24H25N3O5/c1-5-32-24(30)20(15-21(28)17-11-13-19(31-4)14-12-17)25-22-16(2)26(3)27(23(22)29)18-9-7-6-8-10-18/h6-15,25H,5H2,1-4H3. The Kier molecular flexibility index (Phi) is 6.94. The first kappa shape index (κ1) is 22.6. The SMILES string of the molecule is CCOC(=O)C(=CC(=O)c1ccc(OC)cc1)Nc1c(C)n(C)n(-c2ccccc2)c1=O. The van der Waals surface area contributed by atoms with Crippen molar-refractivity contribution in [1.82, 2.24) is 9.36 Å². The smallest absolute Gasteiger partial charge is 0.354 e. The van der Waals surface area contributed by atoms with Crippen molar-refractivity contribution in [1.29, 1.82) is 0 Å². The van der Waals surface area contributed by atoms with Crippen molar-refractivity contribution < 1.29 is 19.1 Å². The van der Waals surface area contributed by atoms with Crippen LogP contribution in [-0.4, -0.2) is 34.8 Å². The van der Waals surface area contributed by atoms with Crippen LogP contribution >= 0.6 is 0 Å². The lowest BCUT2D eigenvalue weighted by molar-refractivity contribution is -0.138. The molecule has 0 aliphatic heterocycles. The van der Waals surface area contributed by atoms with Crippen LogP contribution in [0, 0.1) is 6.92 Å². The second-order valence-electron chi connectivity index (χ2n) is 6.93. The van der Waals surface area contributed by atoms with Crippen molar-refractivity contribution in [2.24, 2.45) is 7.05 Å². The fraction of sp³-hybridized carbons (Fsp3) is 0.208. The van der Waals surface area contributed by atoms with E-state index in [0.717, 1.165) is 6.08 Å². The first-order chi connectivity index (χ1) is 15.4. The molecule has 0 bridgehead atoms. The number of allylic oxidation sites excluding steroid dienone is 1. The van der Waals surface area contributed by atoms with Gasteiger partial charge in [-0.25, -0.2) is 9.48 Å². The largest absolute Gasteiger partial charge is 0.497 e. The highest BCUT2D eigenvalue weighted by Gasteiger charge is 2.21. The van der Waals surface area contributed by atoms with Gasteiger partial charge < -0.3 is 14.8 Å². The second-order valence-corrected chi connectivity index (χ2v) is 6.93. The van der Waals surface area contributed by atoms with Gasteiger partial charge in [0, 0.05) is 18.7 Å². The third-order valence-corrected chi connectivity index (χ3v) is 4.96. The van der Waals surface area contributed by atoms with E-state index in [0.29, 0.717) is 22.7 Å². The topological polar surface area (TPSA) is 91.6 Å². The van der Waals surface area contributed by atoms with Crippen LogP contribution in [0.5, 0.6) is 5.75 Å². The molecule has 0 radical (unpaired) electrons. The molecule has 8 heteroatoms. The molecule has 0 fully saturated rings. The van der Waals surface area contributed by atoms with Gasteiger partial charge in [-0.3, -0.25) is 14.3 Å². The van der Waals surface area contributed by atoms with Gasteiger partial charge in [0.1, 0.15) is 17.1 Å². The van der Waals surface area contributed by atoms with Crippen LogP contribution in [0.15, 0.2) is 71.2 Å². The Morgan fingerprint density at radius 2 is 1.72 bits per heavy atom. The lowest BCUT2D eigenvalue weighted by Crippen LogP contribution is -2.23. The molecule has 2 aromatic carbocycles. The van der Waals surface area contributed by atoms with E-state index in [-0.39, 0.29) is 23.6 Å². The summed E-state index contributed by atoms with van der Waals surface area (Å²) in [5.41, 5.74) is 1.32. The van der Waals surface area contributed by atoms with E-state index < -0.39 is 11.8 Å². The molecule has 1 N–H and O–H groups in total. The number of aromatic nitrogens is 2. The Hall–Kier alpha value is -4.07. The van der Waals surface area contributed by atoms with Gasteiger partial charge in [0.15, 0.2) is 5.78 Å². The minimum absolute atomic E-state index is 0.122. The number of carbonyl (C=O) groups is 2. The Morgan fingerprint density at radius 1 is 1.06 bits per heavy atom. The third-order valence-electron chi connectivity index (χ3n) is 4.96. The molecule has 0 atom stereocenters. The second kappa shape index (κ2) is 9.82. The molecule has 1 aromatic heterocycles. The number of nitrogens with zero attached hydrogens (tertiary/aromatic N) is 2. The highest BCUT2D eigenvalue weighted by Crippen LogP contribution is 2.18. The van der Waals surface area contributed by atoms with E-state index in [9.17, 15) is 14.4 Å². The highest BCUT2D eigenvalue weighted by molar-refractivity contribution is 6.09. The number of esters is 1. The number of benzene rings is 2. The summed E-state index contributed by atoms with van der Waals surface area (Å²) < 4.78 is 13.3. The molecule has 0 amide bonds. The molecule has 3 rings (SSSR count). The Labute approximate surface area is 185 Å².